The minimum absolute atomic E-state index is 0.0267. The van der Waals surface area contributed by atoms with E-state index in [1.807, 2.05) is 0 Å². The molecule has 0 unspecified atom stereocenters. The van der Waals surface area contributed by atoms with Crippen LogP contribution in [0.2, 0.25) is 0 Å². The Morgan fingerprint density at radius 1 is 1.58 bits per heavy atom. The molecule has 1 aliphatic rings. The molecule has 4 nitrogen and oxygen atoms in total. The Hall–Kier alpha value is -0.610. The predicted octanol–water partition coefficient (Wildman–Crippen LogP) is -0.907. The number of hydrogen-bond donors (Lipinski definition) is 3. The Bertz CT molecular complexity index is 155. The molecule has 0 atom stereocenters. The summed E-state index contributed by atoms with van der Waals surface area (Å²) in [6.07, 6.45) is 1.54. The van der Waals surface area contributed by atoms with Crippen LogP contribution in [0.5, 0.6) is 0 Å². The summed E-state index contributed by atoms with van der Waals surface area (Å²) in [6.45, 7) is 1.08. The third kappa shape index (κ3) is 2.79. The lowest BCUT2D eigenvalue weighted by Gasteiger charge is -2.31. The molecule has 4 heteroatoms. The second-order valence-corrected chi connectivity index (χ2v) is 3.33. The van der Waals surface area contributed by atoms with Gasteiger partial charge >= 0.3 is 0 Å². The molecule has 3 N–H and O–H groups in total. The van der Waals surface area contributed by atoms with Crippen LogP contribution in [0.25, 0.3) is 0 Å². The largest absolute Gasteiger partial charge is 0.393 e. The van der Waals surface area contributed by atoms with Crippen molar-refractivity contribution in [3.63, 3.8) is 0 Å². The molecule has 70 valence electrons. The lowest BCUT2D eigenvalue weighted by Crippen LogP contribution is -2.40. The Balaban J connectivity index is 1.98. The number of aliphatic hydroxyl groups is 1. The highest BCUT2D eigenvalue weighted by atomic mass is 16.3. The van der Waals surface area contributed by atoms with Crippen LogP contribution in [0.3, 0.4) is 0 Å². The van der Waals surface area contributed by atoms with Crippen molar-refractivity contribution >= 4 is 5.91 Å². The van der Waals surface area contributed by atoms with Crippen LogP contribution in [0.15, 0.2) is 0 Å². The van der Waals surface area contributed by atoms with Gasteiger partial charge in [-0.25, -0.2) is 0 Å². The molecule has 1 amide bonds. The Morgan fingerprint density at radius 2 is 2.25 bits per heavy atom. The maximum Gasteiger partial charge on any atom is 0.233 e. The third-order valence-electron chi connectivity index (χ3n) is 2.14. The molecule has 0 aliphatic heterocycles. The van der Waals surface area contributed by atoms with Gasteiger partial charge in [0.05, 0.1) is 12.6 Å². The molecular formula is C8H16N2O2. The summed E-state index contributed by atoms with van der Waals surface area (Å²) in [4.78, 5) is 10.9. The average Bonchev–Trinajstić information content (AvgIpc) is 1.96. The number of rotatable bonds is 4. The van der Waals surface area contributed by atoms with Gasteiger partial charge in [-0.3, -0.25) is 4.79 Å². The fourth-order valence-electron chi connectivity index (χ4n) is 1.35. The van der Waals surface area contributed by atoms with E-state index in [-0.39, 0.29) is 12.0 Å². The van der Waals surface area contributed by atoms with Crippen molar-refractivity contribution in [3.05, 3.63) is 0 Å². The van der Waals surface area contributed by atoms with Crippen molar-refractivity contribution in [1.82, 2.24) is 10.6 Å². The van der Waals surface area contributed by atoms with Crippen molar-refractivity contribution in [2.45, 2.75) is 18.9 Å². The summed E-state index contributed by atoms with van der Waals surface area (Å²) in [7, 11) is 1.74. The zero-order chi connectivity index (χ0) is 8.97. The van der Waals surface area contributed by atoms with E-state index < -0.39 is 0 Å². The van der Waals surface area contributed by atoms with E-state index in [0.717, 1.165) is 12.8 Å². The number of likely N-dealkylation sites (N-methyl/N-ethyl adjacent to an activating group) is 1. The van der Waals surface area contributed by atoms with Gasteiger partial charge in [-0.2, -0.15) is 0 Å². The second-order valence-electron chi connectivity index (χ2n) is 3.33. The van der Waals surface area contributed by atoms with E-state index in [2.05, 4.69) is 10.6 Å². The van der Waals surface area contributed by atoms with Gasteiger partial charge in [0.1, 0.15) is 0 Å². The quantitative estimate of drug-likeness (QED) is 0.514. The van der Waals surface area contributed by atoms with Crippen LogP contribution in [0.4, 0.5) is 0 Å². The molecule has 0 bridgehead atoms. The fourth-order valence-corrected chi connectivity index (χ4v) is 1.35. The first-order valence-electron chi connectivity index (χ1n) is 4.31. The topological polar surface area (TPSA) is 61.4 Å². The summed E-state index contributed by atoms with van der Waals surface area (Å²) in [5.41, 5.74) is 0. The minimum Gasteiger partial charge on any atom is -0.393 e. The maximum atomic E-state index is 10.9. The lowest BCUT2D eigenvalue weighted by atomic mass is 9.82. The first-order valence-corrected chi connectivity index (χ1v) is 4.31. The van der Waals surface area contributed by atoms with Gasteiger partial charge in [0.25, 0.3) is 0 Å². The van der Waals surface area contributed by atoms with Crippen molar-refractivity contribution in [3.8, 4) is 0 Å². The number of amides is 1. The predicted molar refractivity (Wildman–Crippen MR) is 45.7 cm³/mol. The van der Waals surface area contributed by atoms with Crippen LogP contribution < -0.4 is 10.6 Å². The molecule has 12 heavy (non-hydrogen) atoms. The van der Waals surface area contributed by atoms with Crippen molar-refractivity contribution in [1.29, 1.82) is 0 Å². The molecule has 1 rings (SSSR count). The second kappa shape index (κ2) is 4.42. The zero-order valence-corrected chi connectivity index (χ0v) is 7.34. The Kier molecular flexibility index (Phi) is 3.49. The standard InChI is InChI=1S/C8H16N2O2/c1-9-5-8(12)10-4-6-2-7(11)3-6/h6-7,9,11H,2-5H2,1H3,(H,10,12). The molecule has 0 aromatic heterocycles. The number of hydrogen-bond acceptors (Lipinski definition) is 3. The van der Waals surface area contributed by atoms with Crippen molar-refractivity contribution in [2.75, 3.05) is 20.1 Å². The molecule has 1 fully saturated rings. The molecule has 0 heterocycles. The van der Waals surface area contributed by atoms with Crippen molar-refractivity contribution in [2.24, 2.45) is 5.92 Å². The summed E-state index contributed by atoms with van der Waals surface area (Å²) in [5, 5.41) is 14.5. The Morgan fingerprint density at radius 3 is 2.75 bits per heavy atom. The monoisotopic (exact) mass is 172 g/mol. The summed E-state index contributed by atoms with van der Waals surface area (Å²) >= 11 is 0. The van der Waals surface area contributed by atoms with Gasteiger partial charge in [0.2, 0.25) is 5.91 Å². The van der Waals surface area contributed by atoms with Crippen molar-refractivity contribution < 1.29 is 9.90 Å². The van der Waals surface area contributed by atoms with Crippen LogP contribution in [-0.4, -0.2) is 37.3 Å². The SMILES string of the molecule is CNCC(=O)NCC1CC(O)C1. The highest BCUT2D eigenvalue weighted by Gasteiger charge is 2.26. The van der Waals surface area contributed by atoms with E-state index in [4.69, 9.17) is 5.11 Å². The number of aliphatic hydroxyl groups excluding tert-OH is 1. The van der Waals surface area contributed by atoms with Crippen LogP contribution in [0, 0.1) is 5.92 Å². The maximum absolute atomic E-state index is 10.9. The van der Waals surface area contributed by atoms with E-state index in [9.17, 15) is 4.79 Å². The molecule has 1 aliphatic carbocycles. The summed E-state index contributed by atoms with van der Waals surface area (Å²) < 4.78 is 0. The lowest BCUT2D eigenvalue weighted by molar-refractivity contribution is -0.120. The van der Waals surface area contributed by atoms with E-state index >= 15 is 0 Å². The van der Waals surface area contributed by atoms with Gasteiger partial charge in [0.15, 0.2) is 0 Å². The first-order chi connectivity index (χ1) is 5.72. The van der Waals surface area contributed by atoms with Gasteiger partial charge in [-0.05, 0) is 25.8 Å². The number of carbonyl (C=O) groups excluding carboxylic acids is 1. The van der Waals surface area contributed by atoms with E-state index in [1.165, 1.54) is 0 Å². The fraction of sp³-hybridized carbons (Fsp3) is 0.875. The molecule has 0 aromatic carbocycles. The number of carbonyl (C=O) groups is 1. The summed E-state index contributed by atoms with van der Waals surface area (Å²) in [5.74, 6) is 0.514. The third-order valence-corrected chi connectivity index (χ3v) is 2.14. The highest BCUT2D eigenvalue weighted by molar-refractivity contribution is 5.77. The van der Waals surface area contributed by atoms with Gasteiger partial charge in [-0.15, -0.1) is 0 Å². The average molecular weight is 172 g/mol. The molecular weight excluding hydrogens is 156 g/mol. The molecule has 1 saturated carbocycles. The highest BCUT2D eigenvalue weighted by Crippen LogP contribution is 2.25. The van der Waals surface area contributed by atoms with Crippen LogP contribution in [0.1, 0.15) is 12.8 Å². The molecule has 0 saturated heterocycles. The zero-order valence-electron chi connectivity index (χ0n) is 7.34. The van der Waals surface area contributed by atoms with E-state index in [0.29, 0.717) is 19.0 Å². The van der Waals surface area contributed by atoms with E-state index in [1.54, 1.807) is 7.05 Å². The van der Waals surface area contributed by atoms with Gasteiger partial charge in [-0.1, -0.05) is 0 Å². The van der Waals surface area contributed by atoms with Crippen LogP contribution >= 0.6 is 0 Å². The Labute approximate surface area is 72.3 Å². The first kappa shape index (κ1) is 9.48. The number of nitrogens with one attached hydrogen (secondary N) is 2. The van der Waals surface area contributed by atoms with Crippen LogP contribution in [-0.2, 0) is 4.79 Å². The smallest absolute Gasteiger partial charge is 0.233 e. The van der Waals surface area contributed by atoms with Gasteiger partial charge < -0.3 is 15.7 Å². The molecule has 0 spiro atoms. The molecule has 0 radical (unpaired) electrons. The van der Waals surface area contributed by atoms with Gasteiger partial charge in [0, 0.05) is 6.54 Å². The molecule has 0 aromatic rings. The summed E-state index contributed by atoms with van der Waals surface area (Å²) in [6, 6.07) is 0. The normalized spacial score (nSPS) is 27.8. The minimum atomic E-state index is -0.129.